The molecule has 0 aliphatic carbocycles. The van der Waals surface area contributed by atoms with E-state index in [9.17, 15) is 9.59 Å². The third-order valence-corrected chi connectivity index (χ3v) is 0.940. The van der Waals surface area contributed by atoms with Crippen molar-refractivity contribution in [3.63, 3.8) is 0 Å². The van der Waals surface area contributed by atoms with Gasteiger partial charge in [-0.05, 0) is 12.1 Å². The van der Waals surface area contributed by atoms with Crippen molar-refractivity contribution in [2.45, 2.75) is 6.92 Å². The molecule has 0 saturated heterocycles. The molecule has 0 atom stereocenters. The molecule has 0 radical (unpaired) electrons. The molecular formula is C6H11N3O4. The SMILES string of the molecule is CCOC(=O)O/N=C(/N)C(=O)NC. The molecule has 0 aromatic heterocycles. The first kappa shape index (κ1) is 11.2. The molecule has 0 saturated carbocycles. The molecular weight excluding hydrogens is 178 g/mol. The number of likely N-dealkylation sites (N-methyl/N-ethyl adjacent to an activating group) is 1. The van der Waals surface area contributed by atoms with Gasteiger partial charge >= 0.3 is 6.16 Å². The first-order valence-corrected chi connectivity index (χ1v) is 3.51. The van der Waals surface area contributed by atoms with Gasteiger partial charge in [0.05, 0.1) is 6.61 Å². The summed E-state index contributed by atoms with van der Waals surface area (Å²) in [6.45, 7) is 1.77. The Morgan fingerprint density at radius 1 is 1.54 bits per heavy atom. The van der Waals surface area contributed by atoms with Crippen LogP contribution in [0.5, 0.6) is 0 Å². The monoisotopic (exact) mass is 189 g/mol. The van der Waals surface area contributed by atoms with Crippen LogP contribution in [0.3, 0.4) is 0 Å². The summed E-state index contributed by atoms with van der Waals surface area (Å²) >= 11 is 0. The van der Waals surface area contributed by atoms with Crippen molar-refractivity contribution in [1.82, 2.24) is 5.32 Å². The van der Waals surface area contributed by atoms with Gasteiger partial charge in [0.15, 0.2) is 0 Å². The quantitative estimate of drug-likeness (QED) is 0.194. The summed E-state index contributed by atoms with van der Waals surface area (Å²) in [4.78, 5) is 25.3. The molecule has 0 aromatic rings. The maximum atomic E-state index is 10.7. The molecule has 0 spiro atoms. The van der Waals surface area contributed by atoms with Crippen LogP contribution in [0.2, 0.25) is 0 Å². The van der Waals surface area contributed by atoms with Crippen LogP contribution in [-0.2, 0) is 14.4 Å². The van der Waals surface area contributed by atoms with Crippen molar-refractivity contribution in [1.29, 1.82) is 0 Å². The standard InChI is InChI=1S/C6H11N3O4/c1-3-12-6(11)13-9-4(7)5(10)8-2/h3H2,1-2H3,(H2,7,9)(H,8,10). The van der Waals surface area contributed by atoms with E-state index in [4.69, 9.17) is 5.73 Å². The number of rotatable bonds is 2. The van der Waals surface area contributed by atoms with E-state index >= 15 is 0 Å². The smallest absolute Gasteiger partial charge is 0.433 e. The highest BCUT2D eigenvalue weighted by molar-refractivity contribution is 6.37. The molecule has 74 valence electrons. The largest absolute Gasteiger partial charge is 0.535 e. The second-order valence-corrected chi connectivity index (χ2v) is 1.83. The molecule has 0 bridgehead atoms. The Bertz CT molecular complexity index is 226. The van der Waals surface area contributed by atoms with Gasteiger partial charge in [-0.1, -0.05) is 0 Å². The number of nitrogens with one attached hydrogen (secondary N) is 1. The Labute approximate surface area is 74.9 Å². The van der Waals surface area contributed by atoms with Crippen LogP contribution in [-0.4, -0.2) is 31.6 Å². The number of carbonyl (C=O) groups excluding carboxylic acids is 2. The minimum Gasteiger partial charge on any atom is -0.433 e. The summed E-state index contributed by atoms with van der Waals surface area (Å²) in [5, 5.41) is 5.21. The molecule has 13 heavy (non-hydrogen) atoms. The van der Waals surface area contributed by atoms with Crippen molar-refractivity contribution in [3.05, 3.63) is 0 Å². The molecule has 0 aromatic carbocycles. The summed E-state index contributed by atoms with van der Waals surface area (Å²) in [7, 11) is 1.37. The van der Waals surface area contributed by atoms with Gasteiger partial charge in [0.25, 0.3) is 5.91 Å². The summed E-state index contributed by atoms with van der Waals surface area (Å²) < 4.78 is 4.35. The van der Waals surface area contributed by atoms with E-state index < -0.39 is 17.9 Å². The third kappa shape index (κ3) is 4.62. The maximum absolute atomic E-state index is 10.7. The highest BCUT2D eigenvalue weighted by Crippen LogP contribution is 1.85. The fourth-order valence-electron chi connectivity index (χ4n) is 0.400. The number of amides is 1. The lowest BCUT2D eigenvalue weighted by Crippen LogP contribution is -2.34. The van der Waals surface area contributed by atoms with Gasteiger partial charge in [0.1, 0.15) is 0 Å². The molecule has 0 unspecified atom stereocenters. The van der Waals surface area contributed by atoms with Gasteiger partial charge in [-0.3, -0.25) is 9.63 Å². The minimum absolute atomic E-state index is 0.161. The predicted octanol–water partition coefficient (Wildman–Crippen LogP) is -0.822. The number of amidine groups is 1. The number of nitrogens with zero attached hydrogens (tertiary/aromatic N) is 1. The molecule has 0 fully saturated rings. The average Bonchev–Trinajstić information content (AvgIpc) is 2.13. The van der Waals surface area contributed by atoms with Gasteiger partial charge in [-0.15, -0.1) is 0 Å². The van der Waals surface area contributed by atoms with Crippen molar-refractivity contribution in [3.8, 4) is 0 Å². The van der Waals surface area contributed by atoms with E-state index in [0.29, 0.717) is 0 Å². The predicted molar refractivity (Wildman–Crippen MR) is 43.8 cm³/mol. The molecule has 0 heterocycles. The van der Waals surface area contributed by atoms with E-state index in [0.717, 1.165) is 0 Å². The van der Waals surface area contributed by atoms with Gasteiger partial charge in [0, 0.05) is 7.05 Å². The van der Waals surface area contributed by atoms with Crippen LogP contribution < -0.4 is 11.1 Å². The van der Waals surface area contributed by atoms with E-state index in [1.54, 1.807) is 6.92 Å². The second-order valence-electron chi connectivity index (χ2n) is 1.83. The van der Waals surface area contributed by atoms with Crippen LogP contribution in [0.15, 0.2) is 5.16 Å². The van der Waals surface area contributed by atoms with Crippen LogP contribution in [0.1, 0.15) is 6.92 Å². The first-order valence-electron chi connectivity index (χ1n) is 3.51. The Morgan fingerprint density at radius 2 is 2.15 bits per heavy atom. The zero-order valence-electron chi connectivity index (χ0n) is 7.36. The molecule has 7 heteroatoms. The third-order valence-electron chi connectivity index (χ3n) is 0.940. The summed E-state index contributed by atoms with van der Waals surface area (Å²) in [6.07, 6.45) is -1.01. The zero-order chi connectivity index (χ0) is 10.3. The molecule has 0 aliphatic rings. The zero-order valence-corrected chi connectivity index (χ0v) is 7.36. The number of hydrogen-bond donors (Lipinski definition) is 2. The van der Waals surface area contributed by atoms with Crippen molar-refractivity contribution in [2.75, 3.05) is 13.7 Å². The molecule has 1 amide bonds. The van der Waals surface area contributed by atoms with E-state index in [-0.39, 0.29) is 6.61 Å². The number of nitrogens with two attached hydrogens (primary N) is 1. The Morgan fingerprint density at radius 3 is 2.62 bits per heavy atom. The number of carbonyl (C=O) groups is 2. The van der Waals surface area contributed by atoms with Crippen molar-refractivity contribution >= 4 is 17.9 Å². The topological polar surface area (TPSA) is 103 Å². The normalized spacial score (nSPS) is 10.5. The van der Waals surface area contributed by atoms with Crippen molar-refractivity contribution in [2.24, 2.45) is 10.9 Å². The van der Waals surface area contributed by atoms with Crippen molar-refractivity contribution < 1.29 is 19.2 Å². The number of oxime groups is 1. The van der Waals surface area contributed by atoms with Crippen LogP contribution in [0, 0.1) is 0 Å². The Kier molecular flexibility index (Phi) is 5.01. The fourth-order valence-corrected chi connectivity index (χ4v) is 0.400. The lowest BCUT2D eigenvalue weighted by Gasteiger charge is -1.98. The molecule has 0 rings (SSSR count). The first-order chi connectivity index (χ1) is 6.11. The highest BCUT2D eigenvalue weighted by Gasteiger charge is 2.06. The lowest BCUT2D eigenvalue weighted by atomic mass is 10.6. The summed E-state index contributed by atoms with van der Waals surface area (Å²) in [6, 6.07) is 0. The van der Waals surface area contributed by atoms with E-state index in [1.165, 1.54) is 7.05 Å². The Hall–Kier alpha value is -1.79. The number of hydrogen-bond acceptors (Lipinski definition) is 5. The van der Waals surface area contributed by atoms with E-state index in [1.807, 2.05) is 0 Å². The summed E-state index contributed by atoms with van der Waals surface area (Å²) in [5.41, 5.74) is 5.08. The van der Waals surface area contributed by atoms with Gasteiger partial charge in [0.2, 0.25) is 5.84 Å². The molecule has 3 N–H and O–H groups in total. The highest BCUT2D eigenvalue weighted by atomic mass is 16.8. The molecule has 7 nitrogen and oxygen atoms in total. The average molecular weight is 189 g/mol. The summed E-state index contributed by atoms with van der Waals surface area (Å²) in [5.74, 6) is -1.08. The minimum atomic E-state index is -1.01. The fraction of sp³-hybridized carbons (Fsp3) is 0.500. The van der Waals surface area contributed by atoms with E-state index in [2.05, 4.69) is 20.0 Å². The maximum Gasteiger partial charge on any atom is 0.535 e. The van der Waals surface area contributed by atoms with Gasteiger partial charge in [-0.2, -0.15) is 0 Å². The van der Waals surface area contributed by atoms with Crippen LogP contribution in [0.25, 0.3) is 0 Å². The lowest BCUT2D eigenvalue weighted by molar-refractivity contribution is -0.114. The second kappa shape index (κ2) is 5.81. The molecule has 0 aliphatic heterocycles. The van der Waals surface area contributed by atoms with Gasteiger partial charge < -0.3 is 15.8 Å². The van der Waals surface area contributed by atoms with Crippen LogP contribution >= 0.6 is 0 Å². The Balaban J connectivity index is 3.96. The number of ether oxygens (including phenoxy) is 1. The van der Waals surface area contributed by atoms with Crippen LogP contribution in [0.4, 0.5) is 4.79 Å². The van der Waals surface area contributed by atoms with Gasteiger partial charge in [-0.25, -0.2) is 4.79 Å².